The van der Waals surface area contributed by atoms with E-state index < -0.39 is 65.8 Å². The Bertz CT molecular complexity index is 1020. The molecule has 0 radical (unpaired) electrons. The topological polar surface area (TPSA) is 277 Å². The average Bonchev–Trinajstić information content (AvgIpc) is 2.82. The van der Waals surface area contributed by atoms with E-state index in [-0.39, 0.29) is 37.9 Å². The molecular formula is C23H34N6O9. The summed E-state index contributed by atoms with van der Waals surface area (Å²) in [6.45, 7) is 1.16. The SMILES string of the molecule is CC(O)C(NC(=O)C(CCC(N)=O)NC(=O)C(N)Cc1ccc(O)cc1)C(=O)NC(CCC(N)=O)C(=O)O. The lowest BCUT2D eigenvalue weighted by Gasteiger charge is -2.26. The second-order valence-corrected chi connectivity index (χ2v) is 8.67. The molecule has 0 aromatic heterocycles. The van der Waals surface area contributed by atoms with Crippen LogP contribution in [0.4, 0.5) is 0 Å². The van der Waals surface area contributed by atoms with Crippen molar-refractivity contribution in [2.24, 2.45) is 17.2 Å². The van der Waals surface area contributed by atoms with Crippen LogP contribution in [0.1, 0.15) is 38.2 Å². The van der Waals surface area contributed by atoms with Crippen LogP contribution in [-0.4, -0.2) is 81.1 Å². The molecule has 15 nitrogen and oxygen atoms in total. The fourth-order valence-electron chi connectivity index (χ4n) is 3.28. The van der Waals surface area contributed by atoms with Gasteiger partial charge in [-0.25, -0.2) is 4.79 Å². The van der Waals surface area contributed by atoms with Crippen LogP contribution in [0.3, 0.4) is 0 Å². The summed E-state index contributed by atoms with van der Waals surface area (Å²) in [6, 6.07) is 0.230. The van der Waals surface area contributed by atoms with E-state index in [9.17, 15) is 44.1 Å². The van der Waals surface area contributed by atoms with E-state index in [1.165, 1.54) is 12.1 Å². The molecular weight excluding hydrogens is 504 g/mol. The number of amides is 5. The summed E-state index contributed by atoms with van der Waals surface area (Å²) in [6.07, 6.45) is -2.69. The second kappa shape index (κ2) is 15.1. The third-order valence-corrected chi connectivity index (χ3v) is 5.40. The van der Waals surface area contributed by atoms with E-state index in [1.807, 2.05) is 0 Å². The number of carbonyl (C=O) groups excluding carboxylic acids is 5. The van der Waals surface area contributed by atoms with Crippen LogP contribution in [0.5, 0.6) is 5.75 Å². The molecule has 0 aliphatic rings. The average molecular weight is 539 g/mol. The molecule has 0 aliphatic heterocycles. The van der Waals surface area contributed by atoms with E-state index in [4.69, 9.17) is 17.2 Å². The Labute approximate surface area is 218 Å². The predicted molar refractivity (Wildman–Crippen MR) is 132 cm³/mol. The number of nitrogens with two attached hydrogens (primary N) is 3. The van der Waals surface area contributed by atoms with E-state index in [0.717, 1.165) is 6.92 Å². The summed E-state index contributed by atoms with van der Waals surface area (Å²) in [5.74, 6) is -5.82. The Morgan fingerprint density at radius 3 is 1.79 bits per heavy atom. The number of rotatable bonds is 16. The Morgan fingerprint density at radius 2 is 1.32 bits per heavy atom. The maximum Gasteiger partial charge on any atom is 0.326 e. The molecule has 0 fully saturated rings. The number of carbonyl (C=O) groups is 6. The highest BCUT2D eigenvalue weighted by atomic mass is 16.4. The Hall–Kier alpha value is -4.24. The van der Waals surface area contributed by atoms with Gasteiger partial charge < -0.3 is 48.5 Å². The molecule has 38 heavy (non-hydrogen) atoms. The molecule has 5 unspecified atom stereocenters. The van der Waals surface area contributed by atoms with Gasteiger partial charge in [-0.3, -0.25) is 24.0 Å². The number of aliphatic hydroxyl groups excluding tert-OH is 1. The normalized spacial score (nSPS) is 14.7. The van der Waals surface area contributed by atoms with Gasteiger partial charge in [0.15, 0.2) is 0 Å². The van der Waals surface area contributed by atoms with E-state index in [2.05, 4.69) is 16.0 Å². The van der Waals surface area contributed by atoms with Crippen molar-refractivity contribution in [2.75, 3.05) is 0 Å². The van der Waals surface area contributed by atoms with Crippen molar-refractivity contribution < 1.29 is 44.1 Å². The number of phenolic OH excluding ortho intramolecular Hbond substituents is 1. The maximum absolute atomic E-state index is 12.9. The van der Waals surface area contributed by atoms with Gasteiger partial charge in [-0.05, 0) is 43.9 Å². The number of aliphatic carboxylic acids is 1. The largest absolute Gasteiger partial charge is 0.508 e. The minimum atomic E-state index is -1.66. The van der Waals surface area contributed by atoms with Gasteiger partial charge in [0.25, 0.3) is 0 Å². The van der Waals surface area contributed by atoms with Gasteiger partial charge in [0.2, 0.25) is 29.5 Å². The lowest BCUT2D eigenvalue weighted by molar-refractivity contribution is -0.143. The first-order chi connectivity index (χ1) is 17.7. The first-order valence-corrected chi connectivity index (χ1v) is 11.6. The van der Waals surface area contributed by atoms with Crippen LogP contribution in [0.2, 0.25) is 0 Å². The van der Waals surface area contributed by atoms with Crippen LogP contribution >= 0.6 is 0 Å². The van der Waals surface area contributed by atoms with Gasteiger partial charge in [-0.2, -0.15) is 0 Å². The minimum Gasteiger partial charge on any atom is -0.508 e. The standard InChI is InChI=1S/C23H34N6O9/c1-11(30)19(22(36)28-16(23(37)38)7-9-18(26)33)29-21(35)15(6-8-17(25)32)27-20(34)14(24)10-12-2-4-13(31)5-3-12/h2-5,11,14-16,19,30-31H,6-10,24H2,1H3,(H2,25,32)(H2,26,33)(H,27,34)(H,28,36)(H,29,35)(H,37,38). The number of carboxylic acids is 1. The van der Waals surface area contributed by atoms with Gasteiger partial charge >= 0.3 is 5.97 Å². The molecule has 5 amide bonds. The van der Waals surface area contributed by atoms with Gasteiger partial charge in [0, 0.05) is 12.8 Å². The number of nitrogens with one attached hydrogen (secondary N) is 3. The summed E-state index contributed by atoms with van der Waals surface area (Å²) in [4.78, 5) is 71.9. The summed E-state index contributed by atoms with van der Waals surface area (Å²) in [5.41, 5.74) is 16.7. The molecule has 0 aliphatic carbocycles. The van der Waals surface area contributed by atoms with Crippen LogP contribution in [0.15, 0.2) is 24.3 Å². The lowest BCUT2D eigenvalue weighted by Crippen LogP contribution is -2.60. The summed E-state index contributed by atoms with van der Waals surface area (Å²) >= 11 is 0. The zero-order valence-corrected chi connectivity index (χ0v) is 20.8. The fraction of sp³-hybridized carbons (Fsp3) is 0.478. The van der Waals surface area contributed by atoms with Crippen LogP contribution in [0, 0.1) is 0 Å². The quantitative estimate of drug-likeness (QED) is 0.101. The summed E-state index contributed by atoms with van der Waals surface area (Å²) in [7, 11) is 0. The number of phenols is 1. The van der Waals surface area contributed by atoms with Crippen molar-refractivity contribution in [3.8, 4) is 5.75 Å². The fourth-order valence-corrected chi connectivity index (χ4v) is 3.28. The zero-order valence-electron chi connectivity index (χ0n) is 20.8. The van der Waals surface area contributed by atoms with E-state index in [1.54, 1.807) is 12.1 Å². The Kier molecular flexibility index (Phi) is 12.6. The lowest BCUT2D eigenvalue weighted by atomic mass is 10.0. The highest BCUT2D eigenvalue weighted by molar-refractivity contribution is 5.94. The molecule has 0 saturated carbocycles. The van der Waals surface area contributed by atoms with Gasteiger partial charge in [0.05, 0.1) is 12.1 Å². The number of carboxylic acid groups (broad SMARTS) is 1. The number of aromatic hydroxyl groups is 1. The minimum absolute atomic E-state index is 0.0224. The molecule has 5 atom stereocenters. The van der Waals surface area contributed by atoms with Gasteiger partial charge in [0.1, 0.15) is 23.9 Å². The molecule has 210 valence electrons. The van der Waals surface area contributed by atoms with E-state index in [0.29, 0.717) is 5.56 Å². The zero-order chi connectivity index (χ0) is 29.0. The molecule has 0 saturated heterocycles. The number of primary amides is 2. The third-order valence-electron chi connectivity index (χ3n) is 5.40. The van der Waals surface area contributed by atoms with Crippen LogP contribution in [-0.2, 0) is 35.2 Å². The summed E-state index contributed by atoms with van der Waals surface area (Å²) in [5, 5.41) is 35.4. The Morgan fingerprint density at radius 1 is 0.816 bits per heavy atom. The maximum atomic E-state index is 12.9. The molecule has 15 heteroatoms. The molecule has 1 aromatic rings. The van der Waals surface area contributed by atoms with Crippen molar-refractivity contribution in [2.45, 2.75) is 69.3 Å². The first kappa shape index (κ1) is 31.8. The third kappa shape index (κ3) is 11.2. The molecule has 1 aromatic carbocycles. The number of hydrogen-bond donors (Lipinski definition) is 9. The molecule has 12 N–H and O–H groups in total. The van der Waals surface area contributed by atoms with Gasteiger partial charge in [-0.1, -0.05) is 12.1 Å². The second-order valence-electron chi connectivity index (χ2n) is 8.67. The predicted octanol–water partition coefficient (Wildman–Crippen LogP) is -3.29. The smallest absolute Gasteiger partial charge is 0.326 e. The Balaban J connectivity index is 2.96. The van der Waals surface area contributed by atoms with E-state index >= 15 is 0 Å². The van der Waals surface area contributed by atoms with Crippen molar-refractivity contribution in [3.05, 3.63) is 29.8 Å². The number of benzene rings is 1. The highest BCUT2D eigenvalue weighted by Crippen LogP contribution is 2.11. The van der Waals surface area contributed by atoms with Crippen molar-refractivity contribution in [3.63, 3.8) is 0 Å². The highest BCUT2D eigenvalue weighted by Gasteiger charge is 2.33. The van der Waals surface area contributed by atoms with Crippen LogP contribution < -0.4 is 33.2 Å². The number of aliphatic hydroxyl groups is 1. The van der Waals surface area contributed by atoms with Crippen molar-refractivity contribution in [1.29, 1.82) is 0 Å². The molecule has 1 rings (SSSR count). The molecule has 0 spiro atoms. The first-order valence-electron chi connectivity index (χ1n) is 11.6. The molecule has 0 bridgehead atoms. The molecule has 0 heterocycles. The van der Waals surface area contributed by atoms with Gasteiger partial charge in [-0.15, -0.1) is 0 Å². The van der Waals surface area contributed by atoms with Crippen LogP contribution in [0.25, 0.3) is 0 Å². The monoisotopic (exact) mass is 538 g/mol. The van der Waals surface area contributed by atoms with Crippen molar-refractivity contribution >= 4 is 35.5 Å². The summed E-state index contributed by atoms with van der Waals surface area (Å²) < 4.78 is 0. The van der Waals surface area contributed by atoms with Crippen molar-refractivity contribution in [1.82, 2.24) is 16.0 Å². The number of hydrogen-bond acceptors (Lipinski definition) is 9.